The molecule has 0 aliphatic rings. The van der Waals surface area contributed by atoms with Crippen molar-refractivity contribution in [2.24, 2.45) is 10.9 Å². The summed E-state index contributed by atoms with van der Waals surface area (Å²) in [5.41, 5.74) is 5.25. The van der Waals surface area contributed by atoms with Gasteiger partial charge in [0.15, 0.2) is 0 Å². The van der Waals surface area contributed by atoms with Crippen LogP contribution in [0.15, 0.2) is 35.4 Å². The number of hydrazone groups is 1. The van der Waals surface area contributed by atoms with Gasteiger partial charge in [-0.3, -0.25) is 10.6 Å². The molecule has 0 saturated carbocycles. The fraction of sp³-hybridized carbons (Fsp3) is 0.125. The van der Waals surface area contributed by atoms with Gasteiger partial charge in [-0.1, -0.05) is 30.3 Å². The number of hydrogen-bond donors (Lipinski definition) is 4. The number of rotatable bonds is 3. The van der Waals surface area contributed by atoms with Crippen molar-refractivity contribution in [1.29, 1.82) is 0 Å². The highest BCUT2D eigenvalue weighted by molar-refractivity contribution is 5.83. The molecule has 1 aromatic carbocycles. The molecule has 0 amide bonds. The molecule has 5 nitrogen and oxygen atoms in total. The summed E-state index contributed by atoms with van der Waals surface area (Å²) >= 11 is 0. The SMILES string of the molecule is N/N=C(/Cc1ccccc1)NNO. The van der Waals surface area contributed by atoms with Crippen LogP contribution in [-0.4, -0.2) is 11.0 Å². The summed E-state index contributed by atoms with van der Waals surface area (Å²) in [5, 5.41) is 11.8. The highest BCUT2D eigenvalue weighted by Gasteiger charge is 1.98. The van der Waals surface area contributed by atoms with Gasteiger partial charge in [-0.15, -0.1) is 5.59 Å². The smallest absolute Gasteiger partial charge is 0.142 e. The van der Waals surface area contributed by atoms with Crippen molar-refractivity contribution in [1.82, 2.24) is 11.0 Å². The number of amidine groups is 1. The summed E-state index contributed by atoms with van der Waals surface area (Å²) < 4.78 is 0. The Labute approximate surface area is 76.2 Å². The monoisotopic (exact) mass is 180 g/mol. The minimum absolute atomic E-state index is 0.466. The molecule has 5 N–H and O–H groups in total. The van der Waals surface area contributed by atoms with Gasteiger partial charge in [0, 0.05) is 6.42 Å². The van der Waals surface area contributed by atoms with E-state index >= 15 is 0 Å². The summed E-state index contributed by atoms with van der Waals surface area (Å²) in [4.78, 5) is 0. The Morgan fingerprint density at radius 3 is 2.62 bits per heavy atom. The average Bonchev–Trinajstić information content (AvgIpc) is 2.19. The second-order valence-corrected chi connectivity index (χ2v) is 2.47. The van der Waals surface area contributed by atoms with Crippen LogP contribution >= 0.6 is 0 Å². The van der Waals surface area contributed by atoms with E-state index in [1.165, 1.54) is 0 Å². The number of nitrogens with zero attached hydrogens (tertiary/aromatic N) is 1. The van der Waals surface area contributed by atoms with Crippen LogP contribution in [-0.2, 0) is 6.42 Å². The average molecular weight is 180 g/mol. The quantitative estimate of drug-likeness (QED) is 0.228. The predicted molar refractivity (Wildman–Crippen MR) is 49.8 cm³/mol. The summed E-state index contributed by atoms with van der Waals surface area (Å²) in [5.74, 6) is 5.55. The molecule has 0 saturated heterocycles. The van der Waals surface area contributed by atoms with E-state index in [-0.39, 0.29) is 0 Å². The molecule has 0 spiro atoms. The van der Waals surface area contributed by atoms with Crippen LogP contribution < -0.4 is 16.9 Å². The summed E-state index contributed by atoms with van der Waals surface area (Å²) in [6, 6.07) is 9.68. The van der Waals surface area contributed by atoms with Gasteiger partial charge in [0.25, 0.3) is 0 Å². The maximum Gasteiger partial charge on any atom is 0.142 e. The molecule has 0 fully saturated rings. The number of nitrogens with two attached hydrogens (primary N) is 1. The molecule has 0 unspecified atom stereocenters. The highest BCUT2D eigenvalue weighted by Crippen LogP contribution is 1.99. The van der Waals surface area contributed by atoms with E-state index in [1.54, 1.807) is 5.59 Å². The lowest BCUT2D eigenvalue weighted by atomic mass is 10.1. The van der Waals surface area contributed by atoms with Gasteiger partial charge < -0.3 is 5.84 Å². The highest BCUT2D eigenvalue weighted by atomic mass is 16.5. The van der Waals surface area contributed by atoms with E-state index in [2.05, 4.69) is 10.5 Å². The first-order chi connectivity index (χ1) is 6.36. The third-order valence-electron chi connectivity index (χ3n) is 1.57. The third-order valence-corrected chi connectivity index (χ3v) is 1.57. The van der Waals surface area contributed by atoms with Crippen LogP contribution in [0.2, 0.25) is 0 Å². The fourth-order valence-electron chi connectivity index (χ4n) is 0.976. The van der Waals surface area contributed by atoms with Crippen molar-refractivity contribution >= 4 is 5.84 Å². The summed E-state index contributed by atoms with van der Waals surface area (Å²) in [6.07, 6.45) is 0.547. The Kier molecular flexibility index (Phi) is 3.74. The fourth-order valence-corrected chi connectivity index (χ4v) is 0.976. The molecular weight excluding hydrogens is 168 g/mol. The van der Waals surface area contributed by atoms with Gasteiger partial charge in [0.05, 0.1) is 0 Å². The van der Waals surface area contributed by atoms with Crippen LogP contribution in [0.1, 0.15) is 5.56 Å². The molecule has 13 heavy (non-hydrogen) atoms. The van der Waals surface area contributed by atoms with Gasteiger partial charge in [-0.25, -0.2) is 0 Å². The first kappa shape index (κ1) is 9.50. The molecule has 0 aliphatic heterocycles. The number of hydrazine groups is 1. The lowest BCUT2D eigenvalue weighted by molar-refractivity contribution is 0.144. The molecule has 0 radical (unpaired) electrons. The van der Waals surface area contributed by atoms with Gasteiger partial charge in [0.2, 0.25) is 0 Å². The first-order valence-corrected chi connectivity index (χ1v) is 3.82. The Morgan fingerprint density at radius 1 is 1.38 bits per heavy atom. The lowest BCUT2D eigenvalue weighted by Gasteiger charge is -2.05. The zero-order valence-corrected chi connectivity index (χ0v) is 7.07. The van der Waals surface area contributed by atoms with E-state index in [0.29, 0.717) is 12.3 Å². The second kappa shape index (κ2) is 5.13. The predicted octanol–water partition coefficient (Wildman–Crippen LogP) is -0.0153. The maximum absolute atomic E-state index is 8.35. The third kappa shape index (κ3) is 3.10. The van der Waals surface area contributed by atoms with E-state index in [0.717, 1.165) is 5.56 Å². The molecule has 0 aliphatic carbocycles. The van der Waals surface area contributed by atoms with E-state index in [1.807, 2.05) is 30.3 Å². The molecule has 1 aromatic rings. The van der Waals surface area contributed by atoms with Crippen molar-refractivity contribution < 1.29 is 5.21 Å². The number of hydrogen-bond acceptors (Lipinski definition) is 4. The molecule has 0 heterocycles. The van der Waals surface area contributed by atoms with Gasteiger partial charge in [-0.2, -0.15) is 5.10 Å². The lowest BCUT2D eigenvalue weighted by Crippen LogP contribution is -2.36. The summed E-state index contributed by atoms with van der Waals surface area (Å²) in [6.45, 7) is 0. The Bertz CT molecular complexity index is 273. The molecule has 1 rings (SSSR count). The van der Waals surface area contributed by atoms with Crippen LogP contribution in [0, 0.1) is 0 Å². The van der Waals surface area contributed by atoms with Crippen molar-refractivity contribution in [2.45, 2.75) is 6.42 Å². The van der Waals surface area contributed by atoms with Gasteiger partial charge >= 0.3 is 0 Å². The molecule has 0 bridgehead atoms. The molecule has 70 valence electrons. The molecule has 5 heteroatoms. The van der Waals surface area contributed by atoms with E-state index < -0.39 is 0 Å². The minimum Gasteiger partial charge on any atom is -0.322 e. The minimum atomic E-state index is 0.466. The Balaban J connectivity index is 2.58. The summed E-state index contributed by atoms with van der Waals surface area (Å²) in [7, 11) is 0. The zero-order valence-electron chi connectivity index (χ0n) is 7.07. The normalized spacial score (nSPS) is 11.3. The molecular formula is C8H12N4O. The first-order valence-electron chi connectivity index (χ1n) is 3.82. The van der Waals surface area contributed by atoms with Crippen LogP contribution in [0.3, 0.4) is 0 Å². The standard InChI is InChI=1S/C8H12N4O/c9-10-8(11-12-13)6-7-4-2-1-3-5-7/h1-5,12-13H,6,9H2,(H,10,11). The number of nitrogens with one attached hydrogen (secondary N) is 2. The van der Waals surface area contributed by atoms with Crippen LogP contribution in [0.25, 0.3) is 0 Å². The van der Waals surface area contributed by atoms with Crippen LogP contribution in [0.4, 0.5) is 0 Å². The maximum atomic E-state index is 8.35. The van der Waals surface area contributed by atoms with Crippen molar-refractivity contribution in [3.63, 3.8) is 0 Å². The van der Waals surface area contributed by atoms with E-state index in [4.69, 9.17) is 11.0 Å². The molecule has 0 aromatic heterocycles. The van der Waals surface area contributed by atoms with Gasteiger partial charge in [0.1, 0.15) is 5.84 Å². The van der Waals surface area contributed by atoms with Crippen molar-refractivity contribution in [2.75, 3.05) is 0 Å². The molecule has 0 atom stereocenters. The van der Waals surface area contributed by atoms with Gasteiger partial charge in [-0.05, 0) is 5.56 Å². The van der Waals surface area contributed by atoms with Crippen molar-refractivity contribution in [3.8, 4) is 0 Å². The van der Waals surface area contributed by atoms with Crippen molar-refractivity contribution in [3.05, 3.63) is 35.9 Å². The largest absolute Gasteiger partial charge is 0.322 e. The topological polar surface area (TPSA) is 82.7 Å². The zero-order chi connectivity index (χ0) is 9.52. The van der Waals surface area contributed by atoms with E-state index in [9.17, 15) is 0 Å². The number of benzene rings is 1. The second-order valence-electron chi connectivity index (χ2n) is 2.47. The Hall–Kier alpha value is -1.59. The Morgan fingerprint density at radius 2 is 2.08 bits per heavy atom. The van der Waals surface area contributed by atoms with Crippen LogP contribution in [0.5, 0.6) is 0 Å².